The van der Waals surface area contributed by atoms with Gasteiger partial charge in [-0.25, -0.2) is 0 Å². The maximum atomic E-state index is 6.16. The Labute approximate surface area is 163 Å². The Kier molecular flexibility index (Phi) is 5.07. The zero-order valence-electron chi connectivity index (χ0n) is 16.7. The van der Waals surface area contributed by atoms with Crippen molar-refractivity contribution in [2.45, 2.75) is 76.2 Å². The fourth-order valence-electron chi connectivity index (χ4n) is 6.42. The van der Waals surface area contributed by atoms with Gasteiger partial charge in [-0.1, -0.05) is 12.8 Å². The van der Waals surface area contributed by atoms with Gasteiger partial charge in [0.2, 0.25) is 0 Å². The van der Waals surface area contributed by atoms with E-state index in [2.05, 4.69) is 17.1 Å². The summed E-state index contributed by atoms with van der Waals surface area (Å²) in [4.78, 5) is 7.32. The molecule has 1 spiro atoms. The first-order chi connectivity index (χ1) is 13.3. The van der Waals surface area contributed by atoms with Crippen molar-refractivity contribution in [1.29, 1.82) is 0 Å². The molecule has 0 aromatic heterocycles. The third-order valence-electron chi connectivity index (χ3n) is 7.65. The molecule has 6 heteroatoms. The molecule has 6 nitrogen and oxygen atoms in total. The van der Waals surface area contributed by atoms with Crippen molar-refractivity contribution in [3.63, 3.8) is 0 Å². The van der Waals surface area contributed by atoms with Gasteiger partial charge >= 0.3 is 0 Å². The van der Waals surface area contributed by atoms with Gasteiger partial charge in [-0.15, -0.1) is 0 Å². The molecule has 3 aliphatic heterocycles. The molecule has 3 saturated heterocycles. The summed E-state index contributed by atoms with van der Waals surface area (Å²) in [5.41, 5.74) is 0.357. The van der Waals surface area contributed by atoms with Crippen molar-refractivity contribution in [3.05, 3.63) is 0 Å². The first kappa shape index (κ1) is 18.2. The summed E-state index contributed by atoms with van der Waals surface area (Å²) >= 11 is 0. The second-order valence-corrected chi connectivity index (χ2v) is 9.01. The number of fused-ring (bicyclic) bond motifs is 2. The van der Waals surface area contributed by atoms with E-state index in [0.717, 1.165) is 58.3 Å². The Bertz CT molecular complexity index is 557. The minimum atomic E-state index is 0.175. The summed E-state index contributed by atoms with van der Waals surface area (Å²) in [6, 6.07) is 0.529. The molecule has 0 bridgehead atoms. The van der Waals surface area contributed by atoms with Crippen LogP contribution in [0.5, 0.6) is 0 Å². The normalized spacial score (nSPS) is 41.0. The lowest BCUT2D eigenvalue weighted by atomic mass is 9.54. The SMILES string of the molecule is CCN=C(NC1C2CCOC2C12CCCC2)N1CCOC(C2CCCO2)C1. The highest BCUT2D eigenvalue weighted by Crippen LogP contribution is 2.60. The third kappa shape index (κ3) is 3.08. The van der Waals surface area contributed by atoms with Gasteiger partial charge in [0, 0.05) is 50.2 Å². The Balaban J connectivity index is 1.30. The second kappa shape index (κ2) is 7.53. The van der Waals surface area contributed by atoms with E-state index in [0.29, 0.717) is 23.5 Å². The smallest absolute Gasteiger partial charge is 0.194 e. The van der Waals surface area contributed by atoms with E-state index in [1.807, 2.05) is 0 Å². The lowest BCUT2D eigenvalue weighted by Gasteiger charge is -2.57. The van der Waals surface area contributed by atoms with Gasteiger partial charge in [-0.2, -0.15) is 0 Å². The van der Waals surface area contributed by atoms with Crippen LogP contribution in [0.25, 0.3) is 0 Å². The van der Waals surface area contributed by atoms with E-state index in [1.54, 1.807) is 0 Å². The van der Waals surface area contributed by atoms with E-state index in [4.69, 9.17) is 19.2 Å². The molecule has 0 radical (unpaired) electrons. The van der Waals surface area contributed by atoms with Crippen LogP contribution in [-0.4, -0.2) is 74.7 Å². The van der Waals surface area contributed by atoms with E-state index in [1.165, 1.54) is 32.1 Å². The molecule has 5 unspecified atom stereocenters. The van der Waals surface area contributed by atoms with Crippen LogP contribution in [0.15, 0.2) is 4.99 Å². The highest BCUT2D eigenvalue weighted by molar-refractivity contribution is 5.81. The molecular formula is C21H35N3O3. The monoisotopic (exact) mass is 377 g/mol. The average Bonchev–Trinajstić information content (AvgIpc) is 3.46. The minimum absolute atomic E-state index is 0.175. The number of guanidine groups is 1. The topological polar surface area (TPSA) is 55.3 Å². The molecule has 2 aliphatic carbocycles. The molecule has 5 rings (SSSR count). The van der Waals surface area contributed by atoms with Gasteiger partial charge in [0.05, 0.1) is 18.8 Å². The molecule has 0 aromatic rings. The second-order valence-electron chi connectivity index (χ2n) is 9.01. The number of nitrogens with zero attached hydrogens (tertiary/aromatic N) is 2. The maximum Gasteiger partial charge on any atom is 0.194 e. The molecule has 5 fully saturated rings. The quantitative estimate of drug-likeness (QED) is 0.604. The highest BCUT2D eigenvalue weighted by Gasteiger charge is 2.65. The maximum absolute atomic E-state index is 6.16. The zero-order valence-corrected chi connectivity index (χ0v) is 16.7. The molecule has 2 saturated carbocycles. The molecule has 0 aromatic carbocycles. The number of aliphatic imine (C=N–C) groups is 1. The average molecular weight is 378 g/mol. The van der Waals surface area contributed by atoms with Crippen LogP contribution in [0, 0.1) is 11.3 Å². The van der Waals surface area contributed by atoms with Crippen molar-refractivity contribution in [3.8, 4) is 0 Å². The largest absolute Gasteiger partial charge is 0.377 e. The van der Waals surface area contributed by atoms with Crippen LogP contribution in [0.3, 0.4) is 0 Å². The van der Waals surface area contributed by atoms with Gasteiger partial charge in [0.1, 0.15) is 6.10 Å². The Morgan fingerprint density at radius 1 is 1.04 bits per heavy atom. The number of hydrogen-bond acceptors (Lipinski definition) is 4. The van der Waals surface area contributed by atoms with E-state index < -0.39 is 0 Å². The van der Waals surface area contributed by atoms with Crippen LogP contribution >= 0.6 is 0 Å². The van der Waals surface area contributed by atoms with Gasteiger partial charge in [-0.3, -0.25) is 4.99 Å². The Hall–Kier alpha value is -0.850. The molecule has 5 aliphatic rings. The number of rotatable bonds is 3. The Morgan fingerprint density at radius 2 is 1.89 bits per heavy atom. The molecule has 27 heavy (non-hydrogen) atoms. The highest BCUT2D eigenvalue weighted by atomic mass is 16.5. The van der Waals surface area contributed by atoms with Crippen LogP contribution in [0.2, 0.25) is 0 Å². The van der Waals surface area contributed by atoms with Crippen molar-refractivity contribution in [2.75, 3.05) is 39.5 Å². The molecular weight excluding hydrogens is 342 g/mol. The number of nitrogens with one attached hydrogen (secondary N) is 1. The molecule has 0 amide bonds. The lowest BCUT2D eigenvalue weighted by Crippen LogP contribution is -2.70. The van der Waals surface area contributed by atoms with E-state index in [9.17, 15) is 0 Å². The number of morpholine rings is 1. The summed E-state index contributed by atoms with van der Waals surface area (Å²) in [7, 11) is 0. The fraction of sp³-hybridized carbons (Fsp3) is 0.952. The van der Waals surface area contributed by atoms with Crippen molar-refractivity contribution < 1.29 is 14.2 Å². The Morgan fingerprint density at radius 3 is 2.67 bits per heavy atom. The molecule has 3 heterocycles. The van der Waals surface area contributed by atoms with Crippen molar-refractivity contribution in [1.82, 2.24) is 10.2 Å². The van der Waals surface area contributed by atoms with Crippen LogP contribution in [-0.2, 0) is 14.2 Å². The number of hydrogen-bond donors (Lipinski definition) is 1. The van der Waals surface area contributed by atoms with Gasteiger partial charge in [0.15, 0.2) is 5.96 Å². The van der Waals surface area contributed by atoms with Crippen LogP contribution < -0.4 is 5.32 Å². The van der Waals surface area contributed by atoms with Gasteiger partial charge in [0.25, 0.3) is 0 Å². The standard InChI is InChI=1S/C21H35N3O3/c1-2-22-20(24-10-13-26-17(14-24)16-6-5-11-25-16)23-18-15-7-12-27-19(15)21(18)8-3-4-9-21/h15-19H,2-14H2,1H3,(H,22,23). The molecule has 1 N–H and O–H groups in total. The summed E-state index contributed by atoms with van der Waals surface area (Å²) in [5, 5.41) is 3.94. The minimum Gasteiger partial charge on any atom is -0.377 e. The number of ether oxygens (including phenoxy) is 3. The van der Waals surface area contributed by atoms with E-state index in [-0.39, 0.29) is 12.2 Å². The van der Waals surface area contributed by atoms with Crippen molar-refractivity contribution in [2.24, 2.45) is 16.3 Å². The predicted octanol–water partition coefficient (Wildman–Crippen LogP) is 2.18. The van der Waals surface area contributed by atoms with Crippen LogP contribution in [0.4, 0.5) is 0 Å². The van der Waals surface area contributed by atoms with Gasteiger partial charge in [-0.05, 0) is 39.0 Å². The first-order valence-corrected chi connectivity index (χ1v) is 11.2. The van der Waals surface area contributed by atoms with Gasteiger partial charge < -0.3 is 24.4 Å². The fourth-order valence-corrected chi connectivity index (χ4v) is 6.42. The van der Waals surface area contributed by atoms with Crippen LogP contribution in [0.1, 0.15) is 51.9 Å². The summed E-state index contributed by atoms with van der Waals surface area (Å²) in [6.07, 6.45) is 9.73. The van der Waals surface area contributed by atoms with Crippen molar-refractivity contribution >= 4 is 5.96 Å². The summed E-state index contributed by atoms with van der Waals surface area (Å²) in [6.45, 7) is 7.34. The first-order valence-electron chi connectivity index (χ1n) is 11.2. The molecule has 5 atom stereocenters. The zero-order chi connectivity index (χ0) is 18.3. The summed E-state index contributed by atoms with van der Waals surface area (Å²) < 4.78 is 18.1. The van der Waals surface area contributed by atoms with E-state index >= 15 is 0 Å². The lowest BCUT2D eigenvalue weighted by molar-refractivity contribution is -0.126. The predicted molar refractivity (Wildman–Crippen MR) is 104 cm³/mol. The molecule has 152 valence electrons. The third-order valence-corrected chi connectivity index (χ3v) is 7.65. The summed E-state index contributed by atoms with van der Waals surface area (Å²) in [5.74, 6) is 1.76.